The van der Waals surface area contributed by atoms with Gasteiger partial charge in [-0.25, -0.2) is 0 Å². The molecule has 0 saturated carbocycles. The second-order valence-electron chi connectivity index (χ2n) is 1.04. The first kappa shape index (κ1) is 30.1. The van der Waals surface area contributed by atoms with Crippen LogP contribution in [0.5, 0.6) is 0 Å². The van der Waals surface area contributed by atoms with Crippen LogP contribution in [0.15, 0.2) is 0 Å². The molecule has 0 unspecified atom stereocenters. The van der Waals surface area contributed by atoms with E-state index in [-0.39, 0.29) is 48.3 Å². The molecule has 0 heterocycles. The third-order valence-corrected chi connectivity index (χ3v) is 0. The first-order valence-corrected chi connectivity index (χ1v) is 6.05. The molecular weight excluding hydrogens is 369 g/mol. The number of rotatable bonds is 0. The maximum atomic E-state index is 8.59. The van der Waals surface area contributed by atoms with Crippen molar-refractivity contribution < 1.29 is 113 Å². The minimum absolute atomic E-state index is 0. The zero-order valence-corrected chi connectivity index (χ0v) is 13.0. The van der Waals surface area contributed by atoms with Crippen molar-refractivity contribution in [2.45, 2.75) is 0 Å². The Hall–Kier alpha value is 0.837. The summed E-state index contributed by atoms with van der Waals surface area (Å²) in [4.78, 5) is 8.25. The quantitative estimate of drug-likeness (QED) is 0.221. The van der Waals surface area contributed by atoms with E-state index in [1.807, 2.05) is 0 Å². The fraction of sp³-hybridized carbons (Fsp3) is 0. The predicted molar refractivity (Wildman–Crippen MR) is 14.2 cm³/mol. The number of hydrogen-bond acceptors (Lipinski definition) is 11. The SMILES string of the molecule is O=[N+]([O-])[O-].[Cr].[H-].[Na+].[O]=[Cr](=[O])([O-])[O-].[O]=[Cr](=[O])([O-])[O-]. The molecule has 0 N–H and O–H groups in total. The molecule has 0 aromatic rings. The van der Waals surface area contributed by atoms with Crippen molar-refractivity contribution in [2.75, 3.05) is 0 Å². The van der Waals surface area contributed by atoms with Gasteiger partial charge in [-0.15, -0.1) is 0 Å². The van der Waals surface area contributed by atoms with Crippen molar-refractivity contribution in [2.24, 2.45) is 0 Å². The van der Waals surface area contributed by atoms with Crippen molar-refractivity contribution in [3.8, 4) is 0 Å². The number of hydrogen-bond donors (Lipinski definition) is 0. The first-order chi connectivity index (χ1) is 5.73. The van der Waals surface area contributed by atoms with Gasteiger partial charge >= 0.3 is 88.6 Å². The second-order valence-corrected chi connectivity index (χ2v) is 3.59. The minimum atomic E-state index is -5.75. The Morgan fingerprint density at radius 2 is 0.812 bits per heavy atom. The molecule has 0 saturated heterocycles. The Balaban J connectivity index is -0.0000000247. The van der Waals surface area contributed by atoms with Crippen LogP contribution in [0.4, 0.5) is 0 Å². The summed E-state index contributed by atoms with van der Waals surface area (Å²) in [6, 6.07) is 0. The molecule has 0 fully saturated rings. The van der Waals surface area contributed by atoms with Crippen LogP contribution in [0.1, 0.15) is 1.43 Å². The molecule has 0 radical (unpaired) electrons. The Kier molecular flexibility index (Phi) is 26.2. The van der Waals surface area contributed by atoms with Gasteiger partial charge in [0.25, 0.3) is 0 Å². The molecule has 16 heteroatoms. The summed E-state index contributed by atoms with van der Waals surface area (Å²) in [6.45, 7) is 0. The van der Waals surface area contributed by atoms with Gasteiger partial charge in [0.2, 0.25) is 0 Å². The predicted octanol–water partition coefficient (Wildman–Crippen LogP) is -8.36. The summed E-state index contributed by atoms with van der Waals surface area (Å²) in [5, 5.41) is 14.8. The third-order valence-electron chi connectivity index (χ3n) is 0. The molecule has 0 amide bonds. The van der Waals surface area contributed by atoms with E-state index in [0.29, 0.717) is 0 Å². The van der Waals surface area contributed by atoms with Gasteiger partial charge in [0, 0.05) is 17.4 Å². The molecule has 96 valence electrons. The van der Waals surface area contributed by atoms with Crippen LogP contribution >= 0.6 is 0 Å². The van der Waals surface area contributed by atoms with Gasteiger partial charge in [0.15, 0.2) is 0 Å². The second kappa shape index (κ2) is 13.9. The third kappa shape index (κ3) is 4050. The Morgan fingerprint density at radius 1 is 0.812 bits per heavy atom. The van der Waals surface area contributed by atoms with E-state index in [1.54, 1.807) is 0 Å². The maximum absolute atomic E-state index is 8.59. The van der Waals surface area contributed by atoms with Crippen molar-refractivity contribution in [1.82, 2.24) is 0 Å². The molecule has 0 rings (SSSR count). The van der Waals surface area contributed by atoms with Crippen LogP contribution in [0.3, 0.4) is 0 Å². The van der Waals surface area contributed by atoms with Crippen LogP contribution < -0.4 is 46.2 Å². The summed E-state index contributed by atoms with van der Waals surface area (Å²) >= 11 is -11.5. The van der Waals surface area contributed by atoms with Gasteiger partial charge < -0.3 is 16.7 Å². The van der Waals surface area contributed by atoms with E-state index >= 15 is 0 Å². The van der Waals surface area contributed by atoms with Crippen molar-refractivity contribution in [1.29, 1.82) is 0 Å². The Labute approximate surface area is 127 Å². The Morgan fingerprint density at radius 3 is 0.812 bits per heavy atom. The van der Waals surface area contributed by atoms with Gasteiger partial charge in [-0.2, -0.15) is 0 Å². The standard InChI is InChI=1S/3Cr.NO3.Na.8O.H/c;;;2-1(3)4;;;;;;;;;;/q;;;-1;+1;;;;;5*-1. The summed E-state index contributed by atoms with van der Waals surface area (Å²) in [5.74, 6) is 0. The molecule has 0 aromatic carbocycles. The fourth-order valence-corrected chi connectivity index (χ4v) is 0. The fourth-order valence-electron chi connectivity index (χ4n) is 0. The van der Waals surface area contributed by atoms with E-state index in [0.717, 1.165) is 0 Å². The monoisotopic (exact) mass is 370 g/mol. The van der Waals surface area contributed by atoms with Crippen molar-refractivity contribution in [3.05, 3.63) is 15.3 Å². The molecule has 0 spiro atoms. The van der Waals surface area contributed by atoms with Crippen molar-refractivity contribution in [3.63, 3.8) is 0 Å². The summed E-state index contributed by atoms with van der Waals surface area (Å²) in [6.07, 6.45) is 0. The van der Waals surface area contributed by atoms with Gasteiger partial charge in [0.05, 0.1) is 5.09 Å². The van der Waals surface area contributed by atoms with E-state index in [1.165, 1.54) is 0 Å². The molecule has 0 aliphatic carbocycles. The summed E-state index contributed by atoms with van der Waals surface area (Å²) < 4.78 is 68.8. The van der Waals surface area contributed by atoms with Crippen molar-refractivity contribution >= 4 is 0 Å². The molecule has 16 heavy (non-hydrogen) atoms. The normalized spacial score (nSPS) is 8.75. The van der Waals surface area contributed by atoms with E-state index < -0.39 is 32.3 Å². The molecule has 0 bridgehead atoms. The molecule has 0 atom stereocenters. The van der Waals surface area contributed by atoms with Gasteiger partial charge in [-0.1, -0.05) is 0 Å². The van der Waals surface area contributed by atoms with E-state index in [2.05, 4.69) is 0 Å². The molecule has 0 aliphatic rings. The molecular formula is HCr3NNaO11-5. The first-order valence-electron chi connectivity index (χ1n) is 1.88. The summed E-state index contributed by atoms with van der Waals surface area (Å²) in [7, 11) is 0. The van der Waals surface area contributed by atoms with Crippen LogP contribution in [0, 0.1) is 15.3 Å². The van der Waals surface area contributed by atoms with E-state index in [9.17, 15) is 0 Å². The topological polar surface area (TPSA) is 227 Å². The Bertz CT molecular complexity index is 293. The van der Waals surface area contributed by atoms with Crippen LogP contribution in [0.25, 0.3) is 0 Å². The number of nitrogens with zero attached hydrogens (tertiary/aromatic N) is 1. The molecule has 0 aliphatic heterocycles. The summed E-state index contributed by atoms with van der Waals surface area (Å²) in [5.41, 5.74) is 0. The zero-order valence-electron chi connectivity index (χ0n) is 8.16. The average Bonchev–Trinajstić information content (AvgIpc) is 1.45. The van der Waals surface area contributed by atoms with Crippen LogP contribution in [-0.2, 0) is 59.8 Å². The van der Waals surface area contributed by atoms with Crippen LogP contribution in [-0.4, -0.2) is 5.09 Å². The average molecular weight is 370 g/mol. The molecule has 12 nitrogen and oxygen atoms in total. The van der Waals surface area contributed by atoms with Crippen LogP contribution in [0.2, 0.25) is 0 Å². The molecule has 0 aromatic heterocycles. The van der Waals surface area contributed by atoms with Gasteiger partial charge in [-0.05, 0) is 0 Å². The van der Waals surface area contributed by atoms with E-state index in [4.69, 9.17) is 47.2 Å². The van der Waals surface area contributed by atoms with Gasteiger partial charge in [-0.3, -0.25) is 0 Å². The van der Waals surface area contributed by atoms with Gasteiger partial charge in [0.1, 0.15) is 0 Å². The zero-order chi connectivity index (χ0) is 12.6.